The molecule has 1 unspecified atom stereocenters. The number of β-amino-alcohol motifs (C(OH)–C–C–N with tert-alkyl or cyclic N) is 1. The molecule has 2 heterocycles. The quantitative estimate of drug-likeness (QED) is 0.897. The van der Waals surface area contributed by atoms with Crippen molar-refractivity contribution < 1.29 is 9.90 Å². The fraction of sp³-hybridized carbons (Fsp3) is 0.429. The van der Waals surface area contributed by atoms with Gasteiger partial charge in [0, 0.05) is 32.4 Å². The molecule has 138 valence electrons. The number of aryl methyl sites for hydroxylation is 2. The number of likely N-dealkylation sites (N-methyl/N-ethyl adjacent to an activating group) is 1. The molecule has 26 heavy (non-hydrogen) atoms. The first-order valence-corrected chi connectivity index (χ1v) is 9.05. The smallest absolute Gasteiger partial charge is 0.272 e. The van der Waals surface area contributed by atoms with Crippen LogP contribution in [0.15, 0.2) is 42.5 Å². The van der Waals surface area contributed by atoms with Crippen molar-refractivity contribution in [2.45, 2.75) is 32.4 Å². The molecule has 5 nitrogen and oxygen atoms in total. The molecule has 3 rings (SSSR count). The Hall–Kier alpha value is -2.24. The minimum Gasteiger partial charge on any atom is -0.387 e. The van der Waals surface area contributed by atoms with Gasteiger partial charge in [0.2, 0.25) is 0 Å². The maximum absolute atomic E-state index is 12.6. The van der Waals surface area contributed by atoms with Crippen LogP contribution in [0.25, 0.3) is 0 Å². The van der Waals surface area contributed by atoms with Crippen molar-refractivity contribution in [1.82, 2.24) is 14.8 Å². The number of pyridine rings is 1. The molecular formula is C21H27N3O2. The average molecular weight is 353 g/mol. The number of hydrogen-bond acceptors (Lipinski definition) is 4. The highest BCUT2D eigenvalue weighted by atomic mass is 16.3. The number of carbonyl (C=O) groups is 1. The van der Waals surface area contributed by atoms with Crippen molar-refractivity contribution in [2.24, 2.45) is 0 Å². The maximum Gasteiger partial charge on any atom is 0.272 e. The number of amides is 1. The molecule has 1 amide bonds. The third-order valence-corrected chi connectivity index (χ3v) is 5.11. The second kappa shape index (κ2) is 7.56. The van der Waals surface area contributed by atoms with E-state index in [9.17, 15) is 9.90 Å². The van der Waals surface area contributed by atoms with Crippen LogP contribution in [0, 0.1) is 13.8 Å². The van der Waals surface area contributed by atoms with Gasteiger partial charge in [-0.1, -0.05) is 36.4 Å². The molecule has 5 heteroatoms. The van der Waals surface area contributed by atoms with Crippen LogP contribution >= 0.6 is 0 Å². The molecule has 1 fully saturated rings. The van der Waals surface area contributed by atoms with E-state index in [0.29, 0.717) is 25.2 Å². The Morgan fingerprint density at radius 2 is 1.96 bits per heavy atom. The van der Waals surface area contributed by atoms with Gasteiger partial charge in [0.05, 0.1) is 12.1 Å². The zero-order chi connectivity index (χ0) is 18.7. The van der Waals surface area contributed by atoms with Crippen molar-refractivity contribution >= 4 is 5.91 Å². The van der Waals surface area contributed by atoms with Gasteiger partial charge in [-0.25, -0.2) is 4.98 Å². The van der Waals surface area contributed by atoms with Gasteiger partial charge in [0.15, 0.2) is 0 Å². The summed E-state index contributed by atoms with van der Waals surface area (Å²) >= 11 is 0. The molecule has 1 N–H and O–H groups in total. The first-order chi connectivity index (χ1) is 12.4. The summed E-state index contributed by atoms with van der Waals surface area (Å²) < 4.78 is 0. The fourth-order valence-corrected chi connectivity index (χ4v) is 3.50. The van der Waals surface area contributed by atoms with Crippen LogP contribution in [0.5, 0.6) is 0 Å². The molecule has 0 aliphatic carbocycles. The lowest BCUT2D eigenvalue weighted by Gasteiger charge is -2.29. The summed E-state index contributed by atoms with van der Waals surface area (Å²) in [5.74, 6) is -0.150. The molecule has 1 saturated heterocycles. The van der Waals surface area contributed by atoms with Crippen molar-refractivity contribution in [3.8, 4) is 0 Å². The SMILES string of the molecule is Cc1ccc(C(=O)N(C)CC2(O)CCN(Cc3ccccc3)C2)nc1C. The van der Waals surface area contributed by atoms with Crippen LogP contribution in [-0.4, -0.2) is 58.1 Å². The Kier molecular flexibility index (Phi) is 5.39. The number of benzene rings is 1. The van der Waals surface area contributed by atoms with Gasteiger partial charge in [0.25, 0.3) is 5.91 Å². The summed E-state index contributed by atoms with van der Waals surface area (Å²) in [6.07, 6.45) is 0.664. The van der Waals surface area contributed by atoms with E-state index in [2.05, 4.69) is 22.0 Å². The molecule has 0 saturated carbocycles. The lowest BCUT2D eigenvalue weighted by molar-refractivity contribution is 0.0168. The van der Waals surface area contributed by atoms with Crippen LogP contribution in [0.4, 0.5) is 0 Å². The number of aliphatic hydroxyl groups is 1. The topological polar surface area (TPSA) is 56.7 Å². The van der Waals surface area contributed by atoms with E-state index in [-0.39, 0.29) is 5.91 Å². The van der Waals surface area contributed by atoms with Crippen LogP contribution in [0.2, 0.25) is 0 Å². The molecule has 2 aromatic rings. The number of carbonyl (C=O) groups excluding carboxylic acids is 1. The van der Waals surface area contributed by atoms with Crippen molar-refractivity contribution in [3.63, 3.8) is 0 Å². The van der Waals surface area contributed by atoms with Gasteiger partial charge in [0.1, 0.15) is 5.69 Å². The van der Waals surface area contributed by atoms with E-state index in [1.54, 1.807) is 18.0 Å². The Balaban J connectivity index is 1.60. The fourth-order valence-electron chi connectivity index (χ4n) is 3.50. The predicted molar refractivity (Wildman–Crippen MR) is 102 cm³/mol. The Labute approximate surface area is 155 Å². The third-order valence-electron chi connectivity index (χ3n) is 5.11. The molecule has 0 bridgehead atoms. The van der Waals surface area contributed by atoms with Gasteiger partial charge in [-0.15, -0.1) is 0 Å². The highest BCUT2D eigenvalue weighted by Gasteiger charge is 2.38. The summed E-state index contributed by atoms with van der Waals surface area (Å²) in [6.45, 7) is 6.40. The molecule has 1 aromatic carbocycles. The lowest BCUT2D eigenvalue weighted by atomic mass is 10.0. The molecule has 0 spiro atoms. The summed E-state index contributed by atoms with van der Waals surface area (Å²) in [5.41, 5.74) is 2.71. The number of nitrogens with zero attached hydrogens (tertiary/aromatic N) is 3. The Morgan fingerprint density at radius 3 is 2.65 bits per heavy atom. The normalized spacial score (nSPS) is 20.3. The second-order valence-corrected chi connectivity index (χ2v) is 7.43. The molecule has 1 aromatic heterocycles. The van der Waals surface area contributed by atoms with Crippen molar-refractivity contribution in [3.05, 3.63) is 65.0 Å². The Morgan fingerprint density at radius 1 is 1.23 bits per heavy atom. The second-order valence-electron chi connectivity index (χ2n) is 7.43. The van der Waals surface area contributed by atoms with E-state index >= 15 is 0 Å². The predicted octanol–water partition coefficient (Wildman–Crippen LogP) is 2.41. The van der Waals surface area contributed by atoms with Crippen LogP contribution < -0.4 is 0 Å². The standard InChI is InChI=1S/C21H27N3O2/c1-16-9-10-19(22-17(16)2)20(25)23(3)14-21(26)11-12-24(15-21)13-18-7-5-4-6-8-18/h4-10,26H,11-15H2,1-3H3. The van der Waals surface area contributed by atoms with Gasteiger partial charge < -0.3 is 10.0 Å². The third kappa shape index (κ3) is 4.29. The van der Waals surface area contributed by atoms with Gasteiger partial charge in [-0.05, 0) is 37.5 Å². The minimum absolute atomic E-state index is 0.150. The monoisotopic (exact) mass is 353 g/mol. The molecule has 0 radical (unpaired) electrons. The van der Waals surface area contributed by atoms with Gasteiger partial charge in [-0.3, -0.25) is 9.69 Å². The maximum atomic E-state index is 12.6. The number of likely N-dealkylation sites (tertiary alicyclic amines) is 1. The van der Waals surface area contributed by atoms with E-state index in [4.69, 9.17) is 0 Å². The van der Waals surface area contributed by atoms with Crippen molar-refractivity contribution in [2.75, 3.05) is 26.7 Å². The summed E-state index contributed by atoms with van der Waals surface area (Å²) in [5, 5.41) is 10.9. The molecule has 1 aliphatic heterocycles. The number of aromatic nitrogens is 1. The highest BCUT2D eigenvalue weighted by molar-refractivity contribution is 5.92. The van der Waals surface area contributed by atoms with Crippen LogP contribution in [0.3, 0.4) is 0 Å². The number of hydrogen-bond donors (Lipinski definition) is 1. The van der Waals surface area contributed by atoms with Gasteiger partial charge >= 0.3 is 0 Å². The average Bonchev–Trinajstić information content (AvgIpc) is 2.98. The minimum atomic E-state index is -0.876. The largest absolute Gasteiger partial charge is 0.387 e. The van der Waals surface area contributed by atoms with Crippen LogP contribution in [0.1, 0.15) is 33.7 Å². The molecular weight excluding hydrogens is 326 g/mol. The number of rotatable bonds is 5. The summed E-state index contributed by atoms with van der Waals surface area (Å²) in [4.78, 5) is 20.9. The highest BCUT2D eigenvalue weighted by Crippen LogP contribution is 2.24. The first-order valence-electron chi connectivity index (χ1n) is 9.05. The Bertz CT molecular complexity index is 778. The molecule has 1 aliphatic rings. The lowest BCUT2D eigenvalue weighted by Crippen LogP contribution is -2.45. The van der Waals surface area contributed by atoms with E-state index < -0.39 is 5.60 Å². The summed E-state index contributed by atoms with van der Waals surface area (Å²) in [6, 6.07) is 13.9. The van der Waals surface area contributed by atoms with Crippen molar-refractivity contribution in [1.29, 1.82) is 0 Å². The van der Waals surface area contributed by atoms with E-state index in [1.807, 2.05) is 38.1 Å². The van der Waals surface area contributed by atoms with E-state index in [1.165, 1.54) is 5.56 Å². The molecule has 1 atom stereocenters. The summed E-state index contributed by atoms with van der Waals surface area (Å²) in [7, 11) is 1.73. The zero-order valence-corrected chi connectivity index (χ0v) is 15.8. The van der Waals surface area contributed by atoms with Crippen LogP contribution in [-0.2, 0) is 6.54 Å². The first kappa shape index (κ1) is 18.5. The van der Waals surface area contributed by atoms with Gasteiger partial charge in [-0.2, -0.15) is 0 Å². The van der Waals surface area contributed by atoms with E-state index in [0.717, 1.165) is 24.3 Å². The zero-order valence-electron chi connectivity index (χ0n) is 15.8.